The summed E-state index contributed by atoms with van der Waals surface area (Å²) in [6, 6.07) is 20.6. The Balaban J connectivity index is 2.22. The van der Waals surface area contributed by atoms with Gasteiger partial charge in [0, 0.05) is 15.6 Å². The van der Waals surface area contributed by atoms with Crippen LogP contribution in [0.25, 0.3) is 11.1 Å². The van der Waals surface area contributed by atoms with Crippen LogP contribution in [-0.4, -0.2) is 10.9 Å². The van der Waals surface area contributed by atoms with Crippen LogP contribution < -0.4 is 0 Å². The third kappa shape index (κ3) is 3.73. The molecule has 3 heteroatoms. The highest BCUT2D eigenvalue weighted by atomic mass is 79.9. The normalized spacial score (nSPS) is 11.4. The fourth-order valence-corrected chi connectivity index (χ4v) is 3.10. The lowest BCUT2D eigenvalue weighted by Crippen LogP contribution is -2.13. The lowest BCUT2D eigenvalue weighted by molar-refractivity contribution is 0.103. The monoisotopic (exact) mass is 408 g/mol. The molecule has 0 saturated carbocycles. The number of hydrogen-bond donors (Lipinski definition) is 1. The quantitative estimate of drug-likeness (QED) is 0.512. The number of ketones is 1. The van der Waals surface area contributed by atoms with Gasteiger partial charge in [0.1, 0.15) is 5.75 Å². The molecule has 0 radical (unpaired) electrons. The van der Waals surface area contributed by atoms with Gasteiger partial charge in [-0.15, -0.1) is 0 Å². The predicted molar refractivity (Wildman–Crippen MR) is 110 cm³/mol. The topological polar surface area (TPSA) is 37.3 Å². The summed E-state index contributed by atoms with van der Waals surface area (Å²) in [7, 11) is 0. The van der Waals surface area contributed by atoms with Crippen LogP contribution in [0.5, 0.6) is 5.75 Å². The number of aromatic hydroxyl groups is 1. The second kappa shape index (κ2) is 7.08. The van der Waals surface area contributed by atoms with Gasteiger partial charge in [-0.1, -0.05) is 79.2 Å². The predicted octanol–water partition coefficient (Wildman–Crippen LogP) is 6.35. The third-order valence-electron chi connectivity index (χ3n) is 4.41. The molecule has 3 aromatic carbocycles. The molecule has 3 aromatic rings. The molecule has 0 spiro atoms. The van der Waals surface area contributed by atoms with Crippen LogP contribution in [0.2, 0.25) is 0 Å². The Hall–Kier alpha value is -2.39. The smallest absolute Gasteiger partial charge is 0.196 e. The van der Waals surface area contributed by atoms with E-state index in [9.17, 15) is 9.90 Å². The molecule has 2 nitrogen and oxygen atoms in total. The van der Waals surface area contributed by atoms with Gasteiger partial charge in [-0.05, 0) is 40.8 Å². The number of phenols is 1. The van der Waals surface area contributed by atoms with Gasteiger partial charge in [0.15, 0.2) is 5.78 Å². The Bertz CT molecular complexity index is 936. The molecule has 0 unspecified atom stereocenters. The fraction of sp³-hybridized carbons (Fsp3) is 0.174. The Morgan fingerprint density at radius 1 is 0.923 bits per heavy atom. The maximum atomic E-state index is 13.0. The molecule has 132 valence electrons. The molecule has 3 rings (SSSR count). The van der Waals surface area contributed by atoms with Crippen molar-refractivity contribution in [2.75, 3.05) is 0 Å². The zero-order chi connectivity index (χ0) is 18.9. The molecule has 0 atom stereocenters. The molecule has 0 aromatic heterocycles. The molecule has 0 amide bonds. The third-order valence-corrected chi connectivity index (χ3v) is 4.94. The molecule has 0 aliphatic carbocycles. The van der Waals surface area contributed by atoms with Gasteiger partial charge in [-0.3, -0.25) is 4.79 Å². The maximum absolute atomic E-state index is 13.0. The minimum absolute atomic E-state index is 0.0224. The van der Waals surface area contributed by atoms with Gasteiger partial charge in [0.2, 0.25) is 0 Å². The molecule has 26 heavy (non-hydrogen) atoms. The Morgan fingerprint density at radius 3 is 2.12 bits per heavy atom. The minimum atomic E-state index is -0.174. The summed E-state index contributed by atoms with van der Waals surface area (Å²) >= 11 is 3.43. The number of phenolic OH excluding ortho intramolecular Hbond substituents is 1. The van der Waals surface area contributed by atoms with Gasteiger partial charge in [-0.2, -0.15) is 0 Å². The molecule has 0 fully saturated rings. The zero-order valence-corrected chi connectivity index (χ0v) is 16.7. The van der Waals surface area contributed by atoms with Crippen LogP contribution in [0.15, 0.2) is 71.2 Å². The molecule has 0 aliphatic rings. The van der Waals surface area contributed by atoms with Gasteiger partial charge < -0.3 is 5.11 Å². The van der Waals surface area contributed by atoms with E-state index in [4.69, 9.17) is 0 Å². The van der Waals surface area contributed by atoms with E-state index in [1.165, 1.54) is 0 Å². The molecule has 0 aliphatic heterocycles. The number of benzene rings is 3. The first kappa shape index (κ1) is 18.4. The fourth-order valence-electron chi connectivity index (χ4n) is 2.84. The molecule has 1 N–H and O–H groups in total. The standard InChI is InChI=1S/C23H21BrO2/c1-23(2,3)17-13-19(15-9-11-18(24)12-10-15)22(26)20(14-17)21(25)16-7-5-4-6-8-16/h4-14,26H,1-3H3. The van der Waals surface area contributed by atoms with Gasteiger partial charge in [0.25, 0.3) is 0 Å². The van der Waals surface area contributed by atoms with Crippen molar-refractivity contribution < 1.29 is 9.90 Å². The van der Waals surface area contributed by atoms with E-state index in [0.29, 0.717) is 16.7 Å². The number of carbonyl (C=O) groups is 1. The summed E-state index contributed by atoms with van der Waals surface area (Å²) in [5.41, 5.74) is 3.30. The van der Waals surface area contributed by atoms with Gasteiger partial charge in [0.05, 0.1) is 5.56 Å². The van der Waals surface area contributed by atoms with E-state index in [1.54, 1.807) is 12.1 Å². The number of carbonyl (C=O) groups excluding carboxylic acids is 1. The first-order valence-corrected chi connectivity index (χ1v) is 9.30. The minimum Gasteiger partial charge on any atom is -0.507 e. The van der Waals surface area contributed by atoms with Crippen molar-refractivity contribution in [1.82, 2.24) is 0 Å². The van der Waals surface area contributed by atoms with E-state index in [-0.39, 0.29) is 16.9 Å². The number of halogens is 1. The highest BCUT2D eigenvalue weighted by Crippen LogP contribution is 2.38. The van der Waals surface area contributed by atoms with Crippen molar-refractivity contribution in [3.8, 4) is 16.9 Å². The molecular weight excluding hydrogens is 388 g/mol. The Labute approximate surface area is 162 Å². The second-order valence-electron chi connectivity index (χ2n) is 7.37. The Morgan fingerprint density at radius 2 is 1.54 bits per heavy atom. The van der Waals surface area contributed by atoms with Crippen molar-refractivity contribution in [2.45, 2.75) is 26.2 Å². The SMILES string of the molecule is CC(C)(C)c1cc(C(=O)c2ccccc2)c(O)c(-c2ccc(Br)cc2)c1. The van der Waals surface area contributed by atoms with Crippen molar-refractivity contribution in [2.24, 2.45) is 0 Å². The highest BCUT2D eigenvalue weighted by Gasteiger charge is 2.23. The summed E-state index contributed by atoms with van der Waals surface area (Å²) in [5.74, 6) is -0.151. The van der Waals surface area contributed by atoms with Crippen LogP contribution >= 0.6 is 15.9 Å². The van der Waals surface area contributed by atoms with Crippen molar-refractivity contribution in [3.05, 3.63) is 87.9 Å². The van der Waals surface area contributed by atoms with Gasteiger partial charge >= 0.3 is 0 Å². The van der Waals surface area contributed by atoms with E-state index in [2.05, 4.69) is 36.7 Å². The summed E-state index contributed by atoms with van der Waals surface area (Å²) in [5, 5.41) is 10.9. The molecule has 0 bridgehead atoms. The van der Waals surface area contributed by atoms with Crippen molar-refractivity contribution >= 4 is 21.7 Å². The molecule has 0 saturated heterocycles. The van der Waals surface area contributed by atoms with E-state index >= 15 is 0 Å². The van der Waals surface area contributed by atoms with Crippen LogP contribution in [-0.2, 0) is 5.41 Å². The zero-order valence-electron chi connectivity index (χ0n) is 15.1. The average molecular weight is 409 g/mol. The second-order valence-corrected chi connectivity index (χ2v) is 8.29. The van der Waals surface area contributed by atoms with Crippen LogP contribution in [0.3, 0.4) is 0 Å². The van der Waals surface area contributed by atoms with Crippen molar-refractivity contribution in [3.63, 3.8) is 0 Å². The lowest BCUT2D eigenvalue weighted by atomic mass is 9.82. The molecular formula is C23H21BrO2. The summed E-state index contributed by atoms with van der Waals surface area (Å²) < 4.78 is 0.966. The van der Waals surface area contributed by atoms with E-state index in [0.717, 1.165) is 15.6 Å². The highest BCUT2D eigenvalue weighted by molar-refractivity contribution is 9.10. The maximum Gasteiger partial charge on any atom is 0.196 e. The molecule has 0 heterocycles. The first-order valence-electron chi connectivity index (χ1n) is 8.50. The first-order chi connectivity index (χ1) is 12.3. The van der Waals surface area contributed by atoms with E-state index < -0.39 is 0 Å². The average Bonchev–Trinajstić information content (AvgIpc) is 2.62. The largest absolute Gasteiger partial charge is 0.507 e. The summed E-state index contributed by atoms with van der Waals surface area (Å²) in [4.78, 5) is 13.0. The Kier molecular flexibility index (Phi) is 5.01. The van der Waals surface area contributed by atoms with Crippen molar-refractivity contribution in [1.29, 1.82) is 0 Å². The summed E-state index contributed by atoms with van der Waals surface area (Å²) in [6.45, 7) is 6.30. The van der Waals surface area contributed by atoms with Crippen LogP contribution in [0.4, 0.5) is 0 Å². The summed E-state index contributed by atoms with van der Waals surface area (Å²) in [6.07, 6.45) is 0. The van der Waals surface area contributed by atoms with E-state index in [1.807, 2.05) is 54.6 Å². The number of hydrogen-bond acceptors (Lipinski definition) is 2. The lowest BCUT2D eigenvalue weighted by Gasteiger charge is -2.22. The number of rotatable bonds is 3. The van der Waals surface area contributed by atoms with Crippen LogP contribution in [0, 0.1) is 0 Å². The van der Waals surface area contributed by atoms with Gasteiger partial charge in [-0.25, -0.2) is 0 Å². The van der Waals surface area contributed by atoms with Crippen LogP contribution in [0.1, 0.15) is 42.3 Å².